The van der Waals surface area contributed by atoms with Gasteiger partial charge in [0.2, 0.25) is 0 Å². The number of guanidine groups is 1. The Kier molecular flexibility index (Phi) is 10.7. The molecule has 0 radical (unpaired) electrons. The summed E-state index contributed by atoms with van der Waals surface area (Å²) in [5.41, 5.74) is 1.43. The second kappa shape index (κ2) is 12.7. The lowest BCUT2D eigenvalue weighted by Gasteiger charge is -2.40. The van der Waals surface area contributed by atoms with Crippen molar-refractivity contribution in [2.24, 2.45) is 10.9 Å². The predicted octanol–water partition coefficient (Wildman–Crippen LogP) is 2.53. The van der Waals surface area contributed by atoms with Crippen LogP contribution in [0.25, 0.3) is 0 Å². The van der Waals surface area contributed by atoms with Crippen LogP contribution in [0.1, 0.15) is 24.4 Å². The monoisotopic (exact) mass is 515 g/mol. The van der Waals surface area contributed by atoms with E-state index in [2.05, 4.69) is 69.4 Å². The minimum absolute atomic E-state index is 0. The average molecular weight is 515 g/mol. The molecule has 1 aromatic carbocycles. The summed E-state index contributed by atoms with van der Waals surface area (Å²) in [6.45, 7) is 8.23. The van der Waals surface area contributed by atoms with E-state index in [0.29, 0.717) is 12.0 Å². The summed E-state index contributed by atoms with van der Waals surface area (Å²) in [4.78, 5) is 11.8. The Morgan fingerprint density at radius 2 is 2.07 bits per heavy atom. The lowest BCUT2D eigenvalue weighted by Crippen LogP contribution is -2.47. The Balaban J connectivity index is 0.00000300. The number of nitrogens with zero attached hydrogens (tertiary/aromatic N) is 4. The lowest BCUT2D eigenvalue weighted by molar-refractivity contribution is 0.0891. The van der Waals surface area contributed by atoms with Crippen LogP contribution in [0.3, 0.4) is 0 Å². The first-order valence-corrected chi connectivity index (χ1v) is 10.6. The summed E-state index contributed by atoms with van der Waals surface area (Å²) in [5.74, 6) is 1.62. The number of benzene rings is 1. The van der Waals surface area contributed by atoms with Crippen molar-refractivity contribution in [1.29, 1.82) is 0 Å². The van der Waals surface area contributed by atoms with E-state index in [0.717, 1.165) is 71.3 Å². The van der Waals surface area contributed by atoms with Crippen molar-refractivity contribution >= 4 is 29.9 Å². The molecule has 0 amide bonds. The van der Waals surface area contributed by atoms with Gasteiger partial charge < -0.3 is 19.9 Å². The Bertz CT molecular complexity index is 608. The van der Waals surface area contributed by atoms with Crippen molar-refractivity contribution in [3.8, 4) is 0 Å². The molecule has 2 unspecified atom stereocenters. The zero-order valence-electron chi connectivity index (χ0n) is 18.2. The van der Waals surface area contributed by atoms with Gasteiger partial charge in [0.05, 0.1) is 6.61 Å². The highest BCUT2D eigenvalue weighted by Crippen LogP contribution is 2.24. The molecule has 2 aliphatic rings. The summed E-state index contributed by atoms with van der Waals surface area (Å²) in [5, 5.41) is 3.54. The molecule has 2 aliphatic heterocycles. The van der Waals surface area contributed by atoms with Gasteiger partial charge in [-0.25, -0.2) is 0 Å². The van der Waals surface area contributed by atoms with E-state index < -0.39 is 0 Å². The van der Waals surface area contributed by atoms with Crippen LogP contribution >= 0.6 is 24.0 Å². The summed E-state index contributed by atoms with van der Waals surface area (Å²) in [6, 6.07) is 11.4. The lowest BCUT2D eigenvalue weighted by atomic mass is 10.0. The van der Waals surface area contributed by atoms with Gasteiger partial charge >= 0.3 is 0 Å². The Morgan fingerprint density at radius 3 is 2.76 bits per heavy atom. The third-order valence-corrected chi connectivity index (χ3v) is 5.91. The summed E-state index contributed by atoms with van der Waals surface area (Å²) in [7, 11) is 6.22. The third kappa shape index (κ3) is 7.38. The average Bonchev–Trinajstić information content (AvgIpc) is 3.22. The Hall–Kier alpha value is -0.900. The van der Waals surface area contributed by atoms with Gasteiger partial charge in [0.25, 0.3) is 0 Å². The van der Waals surface area contributed by atoms with Gasteiger partial charge in [-0.1, -0.05) is 30.3 Å². The number of halogens is 1. The standard InChI is InChI=1S/C22H37N5O.HI/c1-23-22(26(3)16-19-10-15-28-18-19)24-11-7-12-27-14-13-25(2)17-21(27)20-8-5-4-6-9-20;/h4-6,8-9,19,21H,7,10-18H2,1-3H3,(H,23,24);1H. The fraction of sp³-hybridized carbons (Fsp3) is 0.682. The van der Waals surface area contributed by atoms with Crippen molar-refractivity contribution in [2.45, 2.75) is 18.9 Å². The van der Waals surface area contributed by atoms with Gasteiger partial charge in [-0.15, -0.1) is 24.0 Å². The first-order valence-electron chi connectivity index (χ1n) is 10.6. The van der Waals surface area contributed by atoms with Crippen LogP contribution in [0.5, 0.6) is 0 Å². The molecular weight excluding hydrogens is 477 g/mol. The molecule has 2 atom stereocenters. The van der Waals surface area contributed by atoms with Crippen molar-refractivity contribution in [2.75, 3.05) is 73.6 Å². The zero-order chi connectivity index (χ0) is 19.8. The fourth-order valence-electron chi connectivity index (χ4n) is 4.28. The van der Waals surface area contributed by atoms with Crippen LogP contribution in [0, 0.1) is 5.92 Å². The second-order valence-electron chi connectivity index (χ2n) is 8.16. The molecule has 1 N–H and O–H groups in total. The van der Waals surface area contributed by atoms with E-state index >= 15 is 0 Å². The number of hydrogen-bond acceptors (Lipinski definition) is 4. The summed E-state index contributed by atoms with van der Waals surface area (Å²) >= 11 is 0. The number of likely N-dealkylation sites (N-methyl/N-ethyl adjacent to an activating group) is 1. The first kappa shape index (κ1) is 24.4. The van der Waals surface area contributed by atoms with E-state index in [1.54, 1.807) is 0 Å². The molecular formula is C22H38IN5O. The van der Waals surface area contributed by atoms with E-state index in [1.165, 1.54) is 5.56 Å². The SMILES string of the molecule is CN=C(NCCCN1CCN(C)CC1c1ccccc1)N(C)CC1CCOC1.I. The maximum Gasteiger partial charge on any atom is 0.193 e. The smallest absolute Gasteiger partial charge is 0.193 e. The van der Waals surface area contributed by atoms with Crippen molar-refractivity contribution in [1.82, 2.24) is 20.0 Å². The zero-order valence-corrected chi connectivity index (χ0v) is 20.5. The molecule has 2 fully saturated rings. The van der Waals surface area contributed by atoms with Crippen LogP contribution in [0.2, 0.25) is 0 Å². The number of hydrogen-bond donors (Lipinski definition) is 1. The van der Waals surface area contributed by atoms with Gasteiger partial charge in [0.15, 0.2) is 5.96 Å². The van der Waals surface area contributed by atoms with Crippen LogP contribution < -0.4 is 5.32 Å². The van der Waals surface area contributed by atoms with E-state index in [4.69, 9.17) is 4.74 Å². The second-order valence-corrected chi connectivity index (χ2v) is 8.16. The van der Waals surface area contributed by atoms with Gasteiger partial charge in [-0.05, 0) is 25.5 Å². The topological polar surface area (TPSA) is 43.3 Å². The van der Waals surface area contributed by atoms with Gasteiger partial charge in [0.1, 0.15) is 0 Å². The van der Waals surface area contributed by atoms with Crippen molar-refractivity contribution < 1.29 is 4.74 Å². The number of ether oxygens (including phenoxy) is 1. The maximum atomic E-state index is 5.50. The highest BCUT2D eigenvalue weighted by atomic mass is 127. The molecule has 7 heteroatoms. The van der Waals surface area contributed by atoms with Crippen LogP contribution in [0.4, 0.5) is 0 Å². The quantitative estimate of drug-likeness (QED) is 0.262. The normalized spacial score (nSPS) is 23.6. The summed E-state index contributed by atoms with van der Waals surface area (Å²) < 4.78 is 5.50. The Labute approximate surface area is 193 Å². The Morgan fingerprint density at radius 1 is 1.28 bits per heavy atom. The molecule has 6 nitrogen and oxygen atoms in total. The number of piperazine rings is 1. The van der Waals surface area contributed by atoms with E-state index in [-0.39, 0.29) is 24.0 Å². The van der Waals surface area contributed by atoms with Crippen LogP contribution in [0.15, 0.2) is 35.3 Å². The van der Waals surface area contributed by atoms with E-state index in [1.807, 2.05) is 7.05 Å². The maximum absolute atomic E-state index is 5.50. The van der Waals surface area contributed by atoms with Gasteiger partial charge in [0, 0.05) is 71.9 Å². The molecule has 1 aromatic rings. The number of rotatable bonds is 7. The molecule has 0 aliphatic carbocycles. The third-order valence-electron chi connectivity index (χ3n) is 5.91. The highest BCUT2D eigenvalue weighted by Gasteiger charge is 2.26. The molecule has 2 saturated heterocycles. The van der Waals surface area contributed by atoms with Crippen LogP contribution in [-0.4, -0.2) is 94.3 Å². The molecule has 29 heavy (non-hydrogen) atoms. The largest absolute Gasteiger partial charge is 0.381 e. The molecule has 0 saturated carbocycles. The highest BCUT2D eigenvalue weighted by molar-refractivity contribution is 14.0. The van der Waals surface area contributed by atoms with Gasteiger partial charge in [-0.2, -0.15) is 0 Å². The molecule has 0 bridgehead atoms. The molecule has 3 rings (SSSR count). The molecule has 2 heterocycles. The predicted molar refractivity (Wildman–Crippen MR) is 131 cm³/mol. The molecule has 0 aromatic heterocycles. The minimum atomic E-state index is 0. The van der Waals surface area contributed by atoms with Gasteiger partial charge in [-0.3, -0.25) is 9.89 Å². The fourth-order valence-corrected chi connectivity index (χ4v) is 4.28. The van der Waals surface area contributed by atoms with Crippen molar-refractivity contribution in [3.05, 3.63) is 35.9 Å². The number of aliphatic imine (C=N–C) groups is 1. The number of nitrogens with one attached hydrogen (secondary N) is 1. The van der Waals surface area contributed by atoms with E-state index in [9.17, 15) is 0 Å². The van der Waals surface area contributed by atoms with Crippen molar-refractivity contribution in [3.63, 3.8) is 0 Å². The molecule has 164 valence electrons. The molecule has 0 spiro atoms. The summed E-state index contributed by atoms with van der Waals surface area (Å²) in [6.07, 6.45) is 2.28. The van der Waals surface area contributed by atoms with Crippen LogP contribution in [-0.2, 0) is 4.74 Å². The first-order chi connectivity index (χ1) is 13.7. The minimum Gasteiger partial charge on any atom is -0.381 e.